The van der Waals surface area contributed by atoms with E-state index >= 15 is 0 Å². The van der Waals surface area contributed by atoms with E-state index in [4.69, 9.17) is 0 Å². The Hall–Kier alpha value is -1.48. The summed E-state index contributed by atoms with van der Waals surface area (Å²) in [6.07, 6.45) is 0. The van der Waals surface area contributed by atoms with E-state index in [0.717, 1.165) is 5.56 Å². The van der Waals surface area contributed by atoms with Gasteiger partial charge < -0.3 is 9.29 Å². The SMILES string of the molecule is CCOC(=O)CON.Cc1ccc(S(=O)(=O)[O-])cc1. The van der Waals surface area contributed by atoms with Crippen LogP contribution in [-0.2, 0) is 24.5 Å². The number of rotatable bonds is 4. The molecule has 108 valence electrons. The zero-order chi connectivity index (χ0) is 14.9. The second-order valence-electron chi connectivity index (χ2n) is 3.38. The molecule has 0 amide bonds. The molecule has 1 rings (SSSR count). The first-order chi connectivity index (χ1) is 8.81. The number of esters is 1. The Kier molecular flexibility index (Phi) is 7.92. The maximum absolute atomic E-state index is 10.4. The first-order valence-electron chi connectivity index (χ1n) is 5.31. The molecule has 0 aliphatic carbocycles. The molecule has 0 aliphatic rings. The Morgan fingerprint density at radius 3 is 2.21 bits per heavy atom. The van der Waals surface area contributed by atoms with Crippen molar-refractivity contribution in [1.29, 1.82) is 0 Å². The van der Waals surface area contributed by atoms with E-state index in [-0.39, 0.29) is 11.5 Å². The number of hydrogen-bond acceptors (Lipinski definition) is 7. The number of aryl methyl sites for hydroxylation is 1. The van der Waals surface area contributed by atoms with Crippen LogP contribution in [0.2, 0.25) is 0 Å². The van der Waals surface area contributed by atoms with Crippen LogP contribution in [0.3, 0.4) is 0 Å². The molecule has 0 saturated heterocycles. The molecule has 2 N–H and O–H groups in total. The van der Waals surface area contributed by atoms with E-state index in [1.807, 2.05) is 6.92 Å². The van der Waals surface area contributed by atoms with Crippen molar-refractivity contribution in [2.45, 2.75) is 18.7 Å². The quantitative estimate of drug-likeness (QED) is 0.482. The third-order valence-corrected chi connectivity index (χ3v) is 2.67. The fourth-order valence-corrected chi connectivity index (χ4v) is 1.45. The number of carbonyl (C=O) groups excluding carboxylic acids is 1. The van der Waals surface area contributed by atoms with Crippen LogP contribution in [0.1, 0.15) is 12.5 Å². The number of benzene rings is 1. The summed E-state index contributed by atoms with van der Waals surface area (Å²) >= 11 is 0. The molecular formula is C11H16NO6S-. The Bertz CT molecular complexity index is 474. The first kappa shape index (κ1) is 17.5. The maximum Gasteiger partial charge on any atom is 0.334 e. The van der Waals surface area contributed by atoms with Gasteiger partial charge in [-0.3, -0.25) is 4.84 Å². The molecule has 0 aromatic heterocycles. The van der Waals surface area contributed by atoms with Gasteiger partial charge in [0.25, 0.3) is 0 Å². The lowest BCUT2D eigenvalue weighted by Crippen LogP contribution is -2.14. The molecule has 0 atom stereocenters. The molecule has 0 unspecified atom stereocenters. The van der Waals surface area contributed by atoms with Crippen LogP contribution in [-0.4, -0.2) is 32.2 Å². The van der Waals surface area contributed by atoms with Gasteiger partial charge >= 0.3 is 5.97 Å². The molecule has 0 bridgehead atoms. The van der Waals surface area contributed by atoms with Gasteiger partial charge in [-0.15, -0.1) is 0 Å². The fraction of sp³-hybridized carbons (Fsp3) is 0.364. The van der Waals surface area contributed by atoms with Crippen molar-refractivity contribution in [3.8, 4) is 0 Å². The standard InChI is InChI=1S/C7H8O3S.C4H9NO3/c1-6-2-4-7(5-3-6)11(8,9)10;1-2-7-4(6)3-8-5/h2-5H,1H3,(H,8,9,10);2-3,5H2,1H3/p-1. The number of nitrogens with two attached hydrogens (primary N) is 1. The molecule has 0 saturated carbocycles. The minimum Gasteiger partial charge on any atom is -0.744 e. The topological polar surface area (TPSA) is 119 Å². The van der Waals surface area contributed by atoms with Crippen LogP contribution in [0.5, 0.6) is 0 Å². The second kappa shape index (κ2) is 8.59. The van der Waals surface area contributed by atoms with Gasteiger partial charge in [0.2, 0.25) is 0 Å². The molecule has 1 aromatic carbocycles. The summed E-state index contributed by atoms with van der Waals surface area (Å²) in [5, 5.41) is 0. The van der Waals surface area contributed by atoms with Gasteiger partial charge in [-0.1, -0.05) is 17.7 Å². The van der Waals surface area contributed by atoms with Crippen molar-refractivity contribution in [2.24, 2.45) is 5.90 Å². The van der Waals surface area contributed by atoms with E-state index in [2.05, 4.69) is 15.5 Å². The number of hydrogen-bond donors (Lipinski definition) is 1. The normalized spacial score (nSPS) is 10.3. The van der Waals surface area contributed by atoms with E-state index in [9.17, 15) is 17.8 Å². The van der Waals surface area contributed by atoms with Crippen molar-refractivity contribution in [1.82, 2.24) is 0 Å². The number of ether oxygens (including phenoxy) is 1. The lowest BCUT2D eigenvalue weighted by Gasteiger charge is -2.05. The van der Waals surface area contributed by atoms with Gasteiger partial charge in [0.05, 0.1) is 11.5 Å². The van der Waals surface area contributed by atoms with Crippen molar-refractivity contribution < 1.29 is 27.3 Å². The lowest BCUT2D eigenvalue weighted by molar-refractivity contribution is -0.148. The van der Waals surface area contributed by atoms with Gasteiger partial charge in [-0.05, 0) is 26.0 Å². The van der Waals surface area contributed by atoms with E-state index in [1.165, 1.54) is 12.1 Å². The molecular weight excluding hydrogens is 274 g/mol. The summed E-state index contributed by atoms with van der Waals surface area (Å²) in [5.74, 6) is 4.12. The highest BCUT2D eigenvalue weighted by molar-refractivity contribution is 7.85. The predicted molar refractivity (Wildman–Crippen MR) is 65.9 cm³/mol. The summed E-state index contributed by atoms with van der Waals surface area (Å²) in [4.78, 5) is 14.0. The fourth-order valence-electron chi connectivity index (χ4n) is 0.976. The van der Waals surface area contributed by atoms with Gasteiger partial charge in [0.15, 0.2) is 6.61 Å². The predicted octanol–water partition coefficient (Wildman–Crippen LogP) is 0.339. The van der Waals surface area contributed by atoms with Crippen molar-refractivity contribution in [2.75, 3.05) is 13.2 Å². The monoisotopic (exact) mass is 290 g/mol. The molecule has 19 heavy (non-hydrogen) atoms. The average Bonchev–Trinajstić information content (AvgIpc) is 2.30. The van der Waals surface area contributed by atoms with Crippen LogP contribution in [0.4, 0.5) is 0 Å². The van der Waals surface area contributed by atoms with E-state index < -0.39 is 16.1 Å². The Labute approximate surface area is 112 Å². The highest BCUT2D eigenvalue weighted by atomic mass is 32.2. The van der Waals surface area contributed by atoms with Crippen molar-refractivity contribution >= 4 is 16.1 Å². The summed E-state index contributed by atoms with van der Waals surface area (Å²) in [5.41, 5.74) is 0.928. The Morgan fingerprint density at radius 2 is 1.84 bits per heavy atom. The minimum absolute atomic E-state index is 0.173. The smallest absolute Gasteiger partial charge is 0.334 e. The molecule has 0 aliphatic heterocycles. The summed E-state index contributed by atoms with van der Waals surface area (Å²) in [6, 6.07) is 5.78. The van der Waals surface area contributed by atoms with Crippen LogP contribution in [0.15, 0.2) is 29.2 Å². The number of carbonyl (C=O) groups is 1. The van der Waals surface area contributed by atoms with E-state index in [1.54, 1.807) is 19.1 Å². The third-order valence-electron chi connectivity index (χ3n) is 1.82. The Balaban J connectivity index is 0.000000362. The Morgan fingerprint density at radius 1 is 1.32 bits per heavy atom. The summed E-state index contributed by atoms with van der Waals surface area (Å²) in [7, 11) is -4.27. The van der Waals surface area contributed by atoms with Crippen molar-refractivity contribution in [3.63, 3.8) is 0 Å². The average molecular weight is 290 g/mol. The van der Waals surface area contributed by atoms with Crippen LogP contribution < -0.4 is 5.90 Å². The second-order valence-corrected chi connectivity index (χ2v) is 4.76. The van der Waals surface area contributed by atoms with Gasteiger partial charge in [0, 0.05) is 0 Å². The molecule has 8 heteroatoms. The molecule has 0 spiro atoms. The zero-order valence-electron chi connectivity index (χ0n) is 10.7. The third kappa shape index (κ3) is 8.27. The molecule has 0 fully saturated rings. The maximum atomic E-state index is 10.4. The zero-order valence-corrected chi connectivity index (χ0v) is 11.5. The highest BCUT2D eigenvalue weighted by Gasteiger charge is 1.98. The molecule has 7 nitrogen and oxygen atoms in total. The highest BCUT2D eigenvalue weighted by Crippen LogP contribution is 2.08. The summed E-state index contributed by atoms with van der Waals surface area (Å²) < 4.78 is 35.6. The van der Waals surface area contributed by atoms with Gasteiger partial charge in [-0.2, -0.15) is 0 Å². The van der Waals surface area contributed by atoms with Crippen LogP contribution >= 0.6 is 0 Å². The first-order valence-corrected chi connectivity index (χ1v) is 6.72. The lowest BCUT2D eigenvalue weighted by atomic mass is 10.2. The van der Waals surface area contributed by atoms with Gasteiger partial charge in [0.1, 0.15) is 10.1 Å². The summed E-state index contributed by atoms with van der Waals surface area (Å²) in [6.45, 7) is 3.73. The van der Waals surface area contributed by atoms with Crippen LogP contribution in [0, 0.1) is 6.92 Å². The largest absolute Gasteiger partial charge is 0.744 e. The molecule has 1 aromatic rings. The van der Waals surface area contributed by atoms with Gasteiger partial charge in [-0.25, -0.2) is 19.1 Å². The van der Waals surface area contributed by atoms with E-state index in [0.29, 0.717) is 6.61 Å². The molecule has 0 radical (unpaired) electrons. The molecule has 0 heterocycles. The van der Waals surface area contributed by atoms with Crippen LogP contribution in [0.25, 0.3) is 0 Å². The minimum atomic E-state index is -4.27. The van der Waals surface area contributed by atoms with Crippen molar-refractivity contribution in [3.05, 3.63) is 29.8 Å².